The van der Waals surface area contributed by atoms with Crippen LogP contribution in [0.25, 0.3) is 5.83 Å². The summed E-state index contributed by atoms with van der Waals surface area (Å²) in [4.78, 5) is 0. The molecular formula is C18H20F6O. The SMILES string of the molecule is CC1CCC(/C(F)=C(\F)c2ccc(COCC(F)(F)F)c(F)c2)CC1. The van der Waals surface area contributed by atoms with Gasteiger partial charge in [-0.2, -0.15) is 13.2 Å². The van der Waals surface area contributed by atoms with Crippen molar-refractivity contribution in [1.29, 1.82) is 0 Å². The van der Waals surface area contributed by atoms with Gasteiger partial charge in [0.2, 0.25) is 0 Å². The fraction of sp³-hybridized carbons (Fsp3) is 0.556. The molecule has 25 heavy (non-hydrogen) atoms. The summed E-state index contributed by atoms with van der Waals surface area (Å²) in [6.45, 7) is -0.0414. The average Bonchev–Trinajstić information content (AvgIpc) is 2.54. The van der Waals surface area contributed by atoms with Gasteiger partial charge in [-0.1, -0.05) is 31.9 Å². The van der Waals surface area contributed by atoms with Crippen LogP contribution >= 0.6 is 0 Å². The Morgan fingerprint density at radius 2 is 1.76 bits per heavy atom. The average molecular weight is 366 g/mol. The summed E-state index contributed by atoms with van der Waals surface area (Å²) in [6.07, 6.45) is -1.78. The third-order valence-corrected chi connectivity index (χ3v) is 4.41. The number of benzene rings is 1. The van der Waals surface area contributed by atoms with Gasteiger partial charge in [-0.3, -0.25) is 0 Å². The van der Waals surface area contributed by atoms with Crippen molar-refractivity contribution in [2.75, 3.05) is 6.61 Å². The third-order valence-electron chi connectivity index (χ3n) is 4.41. The first-order valence-electron chi connectivity index (χ1n) is 8.16. The molecule has 1 saturated carbocycles. The lowest BCUT2D eigenvalue weighted by molar-refractivity contribution is -0.176. The summed E-state index contributed by atoms with van der Waals surface area (Å²) in [5.74, 6) is -2.94. The third kappa shape index (κ3) is 5.76. The summed E-state index contributed by atoms with van der Waals surface area (Å²) in [7, 11) is 0. The van der Waals surface area contributed by atoms with E-state index < -0.39 is 42.8 Å². The Bertz CT molecular complexity index is 614. The molecule has 0 heterocycles. The predicted octanol–water partition coefficient (Wildman–Crippen LogP) is 6.34. The topological polar surface area (TPSA) is 9.23 Å². The summed E-state index contributed by atoms with van der Waals surface area (Å²) in [5, 5.41) is 0. The van der Waals surface area contributed by atoms with Crippen molar-refractivity contribution < 1.29 is 31.1 Å². The van der Waals surface area contributed by atoms with Crippen LogP contribution in [0.15, 0.2) is 24.0 Å². The van der Waals surface area contributed by atoms with Crippen LogP contribution in [0, 0.1) is 17.7 Å². The van der Waals surface area contributed by atoms with Crippen LogP contribution in [0.2, 0.25) is 0 Å². The second-order valence-electron chi connectivity index (χ2n) is 6.53. The van der Waals surface area contributed by atoms with Gasteiger partial charge in [0.15, 0.2) is 5.83 Å². The molecule has 0 spiro atoms. The first kappa shape index (κ1) is 19.8. The smallest absolute Gasteiger partial charge is 0.367 e. The fourth-order valence-electron chi connectivity index (χ4n) is 2.91. The molecule has 0 saturated heterocycles. The second kappa shape index (κ2) is 8.25. The van der Waals surface area contributed by atoms with Crippen molar-refractivity contribution in [2.24, 2.45) is 11.8 Å². The Kier molecular flexibility index (Phi) is 6.54. The minimum Gasteiger partial charge on any atom is -0.367 e. The highest BCUT2D eigenvalue weighted by atomic mass is 19.4. The normalized spacial score (nSPS) is 22.7. The van der Waals surface area contributed by atoms with Gasteiger partial charge >= 0.3 is 6.18 Å². The number of hydrogen-bond donors (Lipinski definition) is 0. The Labute approximate surface area is 142 Å². The van der Waals surface area contributed by atoms with Gasteiger partial charge in [0.25, 0.3) is 0 Å². The highest BCUT2D eigenvalue weighted by Gasteiger charge is 2.28. The number of allylic oxidation sites excluding steroid dienone is 1. The van der Waals surface area contributed by atoms with Gasteiger partial charge in [0, 0.05) is 17.0 Å². The summed E-state index contributed by atoms with van der Waals surface area (Å²) >= 11 is 0. The van der Waals surface area contributed by atoms with E-state index in [1.807, 2.05) is 0 Å². The van der Waals surface area contributed by atoms with Crippen LogP contribution < -0.4 is 0 Å². The monoisotopic (exact) mass is 366 g/mol. The van der Waals surface area contributed by atoms with E-state index in [9.17, 15) is 26.3 Å². The molecule has 0 atom stereocenters. The van der Waals surface area contributed by atoms with Crippen molar-refractivity contribution in [3.05, 3.63) is 41.0 Å². The summed E-state index contributed by atoms with van der Waals surface area (Å²) in [5.41, 5.74) is -0.402. The van der Waals surface area contributed by atoms with E-state index in [-0.39, 0.29) is 11.1 Å². The molecule has 7 heteroatoms. The van der Waals surface area contributed by atoms with Crippen LogP contribution in [0.1, 0.15) is 43.7 Å². The van der Waals surface area contributed by atoms with Crippen molar-refractivity contribution in [2.45, 2.75) is 45.4 Å². The van der Waals surface area contributed by atoms with E-state index in [1.165, 1.54) is 0 Å². The number of halogens is 6. The van der Waals surface area contributed by atoms with Crippen LogP contribution in [-0.2, 0) is 11.3 Å². The van der Waals surface area contributed by atoms with E-state index in [2.05, 4.69) is 11.7 Å². The van der Waals surface area contributed by atoms with Crippen molar-refractivity contribution in [3.8, 4) is 0 Å². The van der Waals surface area contributed by atoms with Gasteiger partial charge in [-0.05, 0) is 24.8 Å². The van der Waals surface area contributed by atoms with Crippen LogP contribution in [0.5, 0.6) is 0 Å². The first-order valence-corrected chi connectivity index (χ1v) is 8.16. The maximum absolute atomic E-state index is 14.3. The van der Waals surface area contributed by atoms with E-state index in [4.69, 9.17) is 0 Å². The number of hydrogen-bond acceptors (Lipinski definition) is 1. The van der Waals surface area contributed by atoms with Crippen LogP contribution in [0.4, 0.5) is 26.3 Å². The van der Waals surface area contributed by atoms with E-state index >= 15 is 0 Å². The fourth-order valence-corrected chi connectivity index (χ4v) is 2.91. The maximum Gasteiger partial charge on any atom is 0.411 e. The van der Waals surface area contributed by atoms with Gasteiger partial charge < -0.3 is 4.74 Å². The summed E-state index contributed by atoms with van der Waals surface area (Å²) < 4.78 is 82.9. The molecule has 1 aliphatic carbocycles. The molecule has 1 aromatic rings. The van der Waals surface area contributed by atoms with Gasteiger partial charge in [-0.25, -0.2) is 13.2 Å². The molecular weight excluding hydrogens is 346 g/mol. The molecule has 140 valence electrons. The molecule has 0 aromatic heterocycles. The molecule has 0 aliphatic heterocycles. The number of ether oxygens (including phenoxy) is 1. The lowest BCUT2D eigenvalue weighted by Crippen LogP contribution is -2.17. The first-order chi connectivity index (χ1) is 11.7. The zero-order valence-electron chi connectivity index (χ0n) is 13.8. The molecule has 1 aromatic carbocycles. The highest BCUT2D eigenvalue weighted by molar-refractivity contribution is 5.61. The Balaban J connectivity index is 2.06. The molecule has 1 nitrogen and oxygen atoms in total. The van der Waals surface area contributed by atoms with E-state index in [1.54, 1.807) is 0 Å². The lowest BCUT2D eigenvalue weighted by Gasteiger charge is -2.25. The van der Waals surface area contributed by atoms with E-state index in [0.717, 1.165) is 31.0 Å². The molecule has 2 rings (SSSR count). The quantitative estimate of drug-likeness (QED) is 0.553. The van der Waals surface area contributed by atoms with Crippen molar-refractivity contribution in [1.82, 2.24) is 0 Å². The number of alkyl halides is 3. The molecule has 1 fully saturated rings. The minimum absolute atomic E-state index is 0.146. The zero-order chi connectivity index (χ0) is 18.6. The van der Waals surface area contributed by atoms with Crippen molar-refractivity contribution in [3.63, 3.8) is 0 Å². The molecule has 0 amide bonds. The largest absolute Gasteiger partial charge is 0.411 e. The Hall–Kier alpha value is -1.50. The minimum atomic E-state index is -4.51. The lowest BCUT2D eigenvalue weighted by atomic mass is 9.82. The number of rotatable bonds is 5. The molecule has 0 bridgehead atoms. The van der Waals surface area contributed by atoms with Crippen molar-refractivity contribution >= 4 is 5.83 Å². The molecule has 0 N–H and O–H groups in total. The van der Waals surface area contributed by atoms with E-state index in [0.29, 0.717) is 18.8 Å². The predicted molar refractivity (Wildman–Crippen MR) is 82.4 cm³/mol. The Morgan fingerprint density at radius 3 is 2.32 bits per heavy atom. The maximum atomic E-state index is 14.3. The van der Waals surface area contributed by atoms with Gasteiger partial charge in [0.05, 0.1) is 6.61 Å². The zero-order valence-corrected chi connectivity index (χ0v) is 13.8. The van der Waals surface area contributed by atoms with Crippen LogP contribution in [-0.4, -0.2) is 12.8 Å². The molecule has 0 unspecified atom stereocenters. The summed E-state index contributed by atoms with van der Waals surface area (Å²) in [6, 6.07) is 3.04. The molecule has 0 radical (unpaired) electrons. The second-order valence-corrected chi connectivity index (χ2v) is 6.53. The Morgan fingerprint density at radius 1 is 1.12 bits per heavy atom. The molecule has 1 aliphatic rings. The highest BCUT2D eigenvalue weighted by Crippen LogP contribution is 2.37. The standard InChI is InChI=1S/C18H20F6O/c1-11-2-4-12(5-3-11)16(20)17(21)13-6-7-14(15(19)8-13)9-25-10-18(22,23)24/h6-8,11-12H,2-5,9-10H2,1H3/b17-16+. The van der Waals surface area contributed by atoms with Crippen LogP contribution in [0.3, 0.4) is 0 Å². The van der Waals surface area contributed by atoms with Gasteiger partial charge in [-0.15, -0.1) is 0 Å². The van der Waals surface area contributed by atoms with Gasteiger partial charge in [0.1, 0.15) is 18.3 Å².